The fourth-order valence-electron chi connectivity index (χ4n) is 2.64. The summed E-state index contributed by atoms with van der Waals surface area (Å²) in [5, 5.41) is 0.583. The lowest BCUT2D eigenvalue weighted by Crippen LogP contribution is -2.11. The Balaban J connectivity index is 2.26. The fraction of sp³-hybridized carbons (Fsp3) is 0.111. The summed E-state index contributed by atoms with van der Waals surface area (Å²) < 4.78 is 40.8. The second-order valence-corrected chi connectivity index (χ2v) is 5.14. The molecule has 0 fully saturated rings. The number of halogens is 3. The van der Waals surface area contributed by atoms with Crippen molar-refractivity contribution in [1.29, 1.82) is 0 Å². The van der Waals surface area contributed by atoms with Crippen LogP contribution in [0.4, 0.5) is 13.2 Å². The van der Waals surface area contributed by atoms with E-state index < -0.39 is 11.7 Å². The first kappa shape index (κ1) is 14.4. The number of aryl methyl sites for hydroxylation is 1. The topological polar surface area (TPSA) is 15.8 Å². The average Bonchev–Trinajstić information content (AvgIpc) is 2.80. The Labute approximate surface area is 126 Å². The minimum absolute atomic E-state index is 0.215. The van der Waals surface area contributed by atoms with E-state index in [1.165, 1.54) is 6.08 Å². The van der Waals surface area contributed by atoms with Gasteiger partial charge in [-0.15, -0.1) is 0 Å². The second kappa shape index (κ2) is 5.37. The molecule has 0 aliphatic heterocycles. The molecule has 0 unspecified atom stereocenters. The number of aromatic amines is 1. The van der Waals surface area contributed by atoms with Gasteiger partial charge in [-0.3, -0.25) is 0 Å². The molecule has 0 radical (unpaired) electrons. The Kier molecular flexibility index (Phi) is 3.53. The highest BCUT2D eigenvalue weighted by molar-refractivity contribution is 5.99. The largest absolute Gasteiger partial charge is 0.417 e. The number of alkyl halides is 3. The van der Waals surface area contributed by atoms with E-state index in [1.807, 2.05) is 0 Å². The van der Waals surface area contributed by atoms with Crippen LogP contribution in [-0.4, -0.2) is 11.2 Å². The molecule has 0 aliphatic carbocycles. The Hall–Kier alpha value is -2.49. The predicted molar refractivity (Wildman–Crippen MR) is 83.4 cm³/mol. The van der Waals surface area contributed by atoms with E-state index in [1.54, 1.807) is 61.5 Å². The third-order valence-corrected chi connectivity index (χ3v) is 3.58. The second-order valence-electron chi connectivity index (χ2n) is 5.14. The SMILES string of the molecule is Cc1[nH]c2ccccc2c1/C(=C/c1ccccc1)C(F)(F)F. The monoisotopic (exact) mass is 301 g/mol. The average molecular weight is 301 g/mol. The minimum Gasteiger partial charge on any atom is -0.358 e. The standard InChI is InChI=1S/C18H14F3N/c1-12-17(14-9-5-6-10-16(14)22-12)15(18(19,20)21)11-13-7-3-2-4-8-13/h2-11,22H,1H3/b15-11-. The summed E-state index contributed by atoms with van der Waals surface area (Å²) in [5.41, 5.74) is 1.33. The van der Waals surface area contributed by atoms with E-state index in [0.717, 1.165) is 0 Å². The molecule has 1 heterocycles. The molecule has 0 spiro atoms. The van der Waals surface area contributed by atoms with Gasteiger partial charge in [0.15, 0.2) is 0 Å². The highest BCUT2D eigenvalue weighted by Crippen LogP contribution is 2.40. The number of allylic oxidation sites excluding steroid dienone is 1. The van der Waals surface area contributed by atoms with Gasteiger partial charge in [0, 0.05) is 22.2 Å². The first-order valence-electron chi connectivity index (χ1n) is 6.88. The normalized spacial score (nSPS) is 12.8. The van der Waals surface area contributed by atoms with E-state index >= 15 is 0 Å². The maximum atomic E-state index is 13.6. The molecule has 3 aromatic rings. The number of aromatic nitrogens is 1. The highest BCUT2D eigenvalue weighted by atomic mass is 19.4. The zero-order valence-corrected chi connectivity index (χ0v) is 11.9. The van der Waals surface area contributed by atoms with Crippen LogP contribution in [0.1, 0.15) is 16.8 Å². The molecule has 0 amide bonds. The van der Waals surface area contributed by atoms with E-state index in [0.29, 0.717) is 22.2 Å². The van der Waals surface area contributed by atoms with E-state index in [4.69, 9.17) is 0 Å². The molecule has 1 nitrogen and oxygen atoms in total. The Bertz CT molecular complexity index is 826. The number of hydrogen-bond donors (Lipinski definition) is 1. The molecule has 1 N–H and O–H groups in total. The Morgan fingerprint density at radius 3 is 2.27 bits per heavy atom. The maximum Gasteiger partial charge on any atom is 0.417 e. The Morgan fingerprint density at radius 1 is 0.955 bits per heavy atom. The van der Waals surface area contributed by atoms with Crippen molar-refractivity contribution in [3.05, 3.63) is 71.4 Å². The Morgan fingerprint density at radius 2 is 1.59 bits per heavy atom. The number of hydrogen-bond acceptors (Lipinski definition) is 0. The van der Waals surface area contributed by atoms with Crippen LogP contribution in [0, 0.1) is 6.92 Å². The van der Waals surface area contributed by atoms with Gasteiger partial charge in [-0.25, -0.2) is 0 Å². The fourth-order valence-corrected chi connectivity index (χ4v) is 2.64. The number of para-hydroxylation sites is 1. The molecular weight excluding hydrogens is 287 g/mol. The summed E-state index contributed by atoms with van der Waals surface area (Å²) in [6, 6.07) is 15.6. The summed E-state index contributed by atoms with van der Waals surface area (Å²) in [7, 11) is 0. The number of H-pyrrole nitrogens is 1. The molecule has 2 aromatic carbocycles. The van der Waals surface area contributed by atoms with Crippen molar-refractivity contribution in [1.82, 2.24) is 4.98 Å². The molecule has 0 bridgehead atoms. The first-order chi connectivity index (χ1) is 10.5. The summed E-state index contributed by atoms with van der Waals surface area (Å²) in [6.07, 6.45) is -3.23. The van der Waals surface area contributed by atoms with Gasteiger partial charge < -0.3 is 4.98 Å². The van der Waals surface area contributed by atoms with Crippen molar-refractivity contribution in [2.75, 3.05) is 0 Å². The molecule has 112 valence electrons. The minimum atomic E-state index is -4.43. The quantitative estimate of drug-likeness (QED) is 0.636. The van der Waals surface area contributed by atoms with Gasteiger partial charge in [0.05, 0.1) is 5.57 Å². The zero-order valence-electron chi connectivity index (χ0n) is 11.9. The van der Waals surface area contributed by atoms with Crippen molar-refractivity contribution >= 4 is 22.6 Å². The van der Waals surface area contributed by atoms with E-state index in [-0.39, 0.29) is 5.56 Å². The third-order valence-electron chi connectivity index (χ3n) is 3.58. The lowest BCUT2D eigenvalue weighted by molar-refractivity contribution is -0.0682. The highest BCUT2D eigenvalue weighted by Gasteiger charge is 2.36. The molecule has 22 heavy (non-hydrogen) atoms. The lowest BCUT2D eigenvalue weighted by atomic mass is 9.99. The van der Waals surface area contributed by atoms with Gasteiger partial charge in [-0.2, -0.15) is 13.2 Å². The van der Waals surface area contributed by atoms with Gasteiger partial charge in [0.25, 0.3) is 0 Å². The lowest BCUT2D eigenvalue weighted by Gasteiger charge is -2.13. The predicted octanol–water partition coefficient (Wildman–Crippen LogP) is 5.58. The first-order valence-corrected chi connectivity index (χ1v) is 6.88. The number of benzene rings is 2. The molecule has 3 rings (SSSR count). The van der Waals surface area contributed by atoms with Crippen LogP contribution >= 0.6 is 0 Å². The van der Waals surface area contributed by atoms with Gasteiger partial charge in [-0.1, -0.05) is 48.5 Å². The number of nitrogens with one attached hydrogen (secondary N) is 1. The van der Waals surface area contributed by atoms with Gasteiger partial charge >= 0.3 is 6.18 Å². The molecule has 4 heteroatoms. The third kappa shape index (κ3) is 2.64. The molecular formula is C18H14F3N. The van der Waals surface area contributed by atoms with E-state index in [2.05, 4.69) is 4.98 Å². The van der Waals surface area contributed by atoms with Gasteiger partial charge in [0.1, 0.15) is 0 Å². The molecule has 1 aromatic heterocycles. The summed E-state index contributed by atoms with van der Waals surface area (Å²) in [5.74, 6) is 0. The van der Waals surface area contributed by atoms with Gasteiger partial charge in [-0.05, 0) is 24.6 Å². The van der Waals surface area contributed by atoms with Crippen LogP contribution in [0.25, 0.3) is 22.6 Å². The summed E-state index contributed by atoms with van der Waals surface area (Å²) in [4.78, 5) is 3.02. The number of fused-ring (bicyclic) bond motifs is 1. The van der Waals surface area contributed by atoms with E-state index in [9.17, 15) is 13.2 Å². The van der Waals surface area contributed by atoms with Crippen LogP contribution in [0.2, 0.25) is 0 Å². The maximum absolute atomic E-state index is 13.6. The van der Waals surface area contributed by atoms with Crippen molar-refractivity contribution in [2.45, 2.75) is 13.1 Å². The van der Waals surface area contributed by atoms with Gasteiger partial charge in [0.2, 0.25) is 0 Å². The molecule has 0 aliphatic rings. The van der Waals surface area contributed by atoms with Crippen molar-refractivity contribution in [3.63, 3.8) is 0 Å². The summed E-state index contributed by atoms with van der Waals surface area (Å²) in [6.45, 7) is 1.67. The molecule has 0 saturated carbocycles. The molecule has 0 atom stereocenters. The van der Waals surface area contributed by atoms with Crippen LogP contribution < -0.4 is 0 Å². The molecule has 0 saturated heterocycles. The number of rotatable bonds is 2. The van der Waals surface area contributed by atoms with Crippen molar-refractivity contribution < 1.29 is 13.2 Å². The zero-order chi connectivity index (χ0) is 15.7. The summed E-state index contributed by atoms with van der Waals surface area (Å²) >= 11 is 0. The van der Waals surface area contributed by atoms with Crippen LogP contribution in [0.5, 0.6) is 0 Å². The van der Waals surface area contributed by atoms with Crippen molar-refractivity contribution in [3.8, 4) is 0 Å². The smallest absolute Gasteiger partial charge is 0.358 e. The van der Waals surface area contributed by atoms with Crippen LogP contribution in [0.3, 0.4) is 0 Å². The van der Waals surface area contributed by atoms with Crippen LogP contribution in [-0.2, 0) is 0 Å². The van der Waals surface area contributed by atoms with Crippen LogP contribution in [0.15, 0.2) is 54.6 Å². The van der Waals surface area contributed by atoms with Crippen molar-refractivity contribution in [2.24, 2.45) is 0 Å².